The molecule has 1 aliphatic rings. The van der Waals surface area contributed by atoms with Gasteiger partial charge in [-0.3, -0.25) is 4.79 Å². The van der Waals surface area contributed by atoms with Crippen molar-refractivity contribution in [2.75, 3.05) is 0 Å². The Morgan fingerprint density at radius 2 is 1.96 bits per heavy atom. The van der Waals surface area contributed by atoms with E-state index in [0.717, 1.165) is 12.8 Å². The predicted molar refractivity (Wildman–Crippen MR) is 91.1 cm³/mol. The molecule has 0 bridgehead atoms. The second kappa shape index (κ2) is 7.31. The fourth-order valence-electron chi connectivity index (χ4n) is 3.06. The average molecular weight is 346 g/mol. The third-order valence-corrected chi connectivity index (χ3v) is 4.46. The Hall–Kier alpha value is -2.28. The zero-order chi connectivity index (χ0) is 18.0. The number of carbonyl (C=O) groups excluding carboxylic acids is 1. The lowest BCUT2D eigenvalue weighted by atomic mass is 9.93. The van der Waals surface area contributed by atoms with Crippen LogP contribution in [-0.2, 0) is 0 Å². The van der Waals surface area contributed by atoms with Gasteiger partial charge in [0.05, 0.1) is 6.10 Å². The molecule has 3 rings (SSSR count). The van der Waals surface area contributed by atoms with Gasteiger partial charge >= 0.3 is 0 Å². The molecule has 1 heterocycles. The largest absolute Gasteiger partial charge is 0.393 e. The van der Waals surface area contributed by atoms with Crippen molar-refractivity contribution in [3.05, 3.63) is 41.7 Å². The number of nitrogens with zero attached hydrogens (tertiary/aromatic N) is 3. The fraction of sp³-hybridized carbons (Fsp3) is 0.500. The van der Waals surface area contributed by atoms with Crippen molar-refractivity contribution in [3.8, 4) is 5.69 Å². The average Bonchev–Trinajstić information content (AvgIpc) is 3.03. The molecule has 1 amide bonds. The first kappa shape index (κ1) is 17.5. The first-order valence-corrected chi connectivity index (χ1v) is 8.66. The molecule has 1 saturated carbocycles. The van der Waals surface area contributed by atoms with Gasteiger partial charge in [-0.2, -0.15) is 0 Å². The maximum atomic E-state index is 14.1. The third-order valence-electron chi connectivity index (χ3n) is 4.46. The smallest absolute Gasteiger partial charge is 0.291 e. The molecule has 0 unspecified atom stereocenters. The van der Waals surface area contributed by atoms with Crippen LogP contribution in [-0.4, -0.2) is 37.9 Å². The highest BCUT2D eigenvalue weighted by Crippen LogP contribution is 2.21. The number of hydrogen-bond acceptors (Lipinski definition) is 4. The first-order valence-electron chi connectivity index (χ1n) is 8.66. The van der Waals surface area contributed by atoms with E-state index in [1.165, 1.54) is 10.7 Å². The van der Waals surface area contributed by atoms with Crippen LogP contribution in [0.1, 0.15) is 61.9 Å². The molecule has 134 valence electrons. The summed E-state index contributed by atoms with van der Waals surface area (Å²) in [5.74, 6) is -0.216. The highest BCUT2D eigenvalue weighted by Gasteiger charge is 2.25. The number of halogens is 1. The number of hydrogen-bond donors (Lipinski definition) is 2. The van der Waals surface area contributed by atoms with Crippen LogP contribution in [0.15, 0.2) is 24.3 Å². The van der Waals surface area contributed by atoms with Crippen LogP contribution in [0.25, 0.3) is 5.69 Å². The van der Waals surface area contributed by atoms with E-state index in [9.17, 15) is 14.3 Å². The van der Waals surface area contributed by atoms with Gasteiger partial charge in [-0.25, -0.2) is 14.1 Å². The zero-order valence-corrected chi connectivity index (χ0v) is 14.4. The quantitative estimate of drug-likeness (QED) is 0.892. The molecule has 1 aromatic heterocycles. The number of aromatic nitrogens is 3. The number of aliphatic hydroxyl groups excluding tert-OH is 1. The molecule has 6 nitrogen and oxygen atoms in total. The maximum Gasteiger partial charge on any atom is 0.291 e. The number of amides is 1. The number of nitrogens with one attached hydrogen (secondary N) is 1. The van der Waals surface area contributed by atoms with E-state index in [4.69, 9.17) is 0 Å². The van der Waals surface area contributed by atoms with E-state index in [-0.39, 0.29) is 35.5 Å². The first-order chi connectivity index (χ1) is 12.0. The van der Waals surface area contributed by atoms with Gasteiger partial charge in [0.15, 0.2) is 0 Å². The molecule has 2 N–H and O–H groups in total. The molecule has 7 heteroatoms. The Balaban J connectivity index is 1.84. The lowest BCUT2D eigenvalue weighted by Crippen LogP contribution is -2.39. The van der Waals surface area contributed by atoms with Crippen molar-refractivity contribution in [2.24, 2.45) is 0 Å². The molecule has 2 aromatic rings. The second-order valence-electron chi connectivity index (χ2n) is 6.79. The lowest BCUT2D eigenvalue weighted by molar-refractivity contribution is 0.0858. The van der Waals surface area contributed by atoms with Crippen LogP contribution in [0, 0.1) is 5.82 Å². The number of para-hydroxylation sites is 1. The number of benzene rings is 1. The van der Waals surface area contributed by atoms with E-state index in [1.54, 1.807) is 18.2 Å². The van der Waals surface area contributed by atoms with Crippen molar-refractivity contribution < 1.29 is 14.3 Å². The summed E-state index contributed by atoms with van der Waals surface area (Å²) in [6, 6.07) is 6.31. The highest BCUT2D eigenvalue weighted by atomic mass is 19.1. The summed E-state index contributed by atoms with van der Waals surface area (Å²) in [7, 11) is 0. The minimum atomic E-state index is -0.414. The van der Waals surface area contributed by atoms with E-state index in [0.29, 0.717) is 18.7 Å². The molecule has 0 saturated heterocycles. The molecule has 25 heavy (non-hydrogen) atoms. The van der Waals surface area contributed by atoms with Gasteiger partial charge in [-0.1, -0.05) is 26.0 Å². The summed E-state index contributed by atoms with van der Waals surface area (Å²) < 4.78 is 15.5. The predicted octanol–water partition coefficient (Wildman–Crippen LogP) is 2.56. The molecule has 0 spiro atoms. The van der Waals surface area contributed by atoms with Gasteiger partial charge in [-0.15, -0.1) is 5.10 Å². The molecule has 0 radical (unpaired) electrons. The van der Waals surface area contributed by atoms with Gasteiger partial charge in [0, 0.05) is 12.0 Å². The van der Waals surface area contributed by atoms with Crippen molar-refractivity contribution in [1.82, 2.24) is 20.1 Å². The molecule has 1 fully saturated rings. The van der Waals surface area contributed by atoms with Crippen molar-refractivity contribution in [2.45, 2.75) is 57.6 Å². The minimum absolute atomic E-state index is 0.0128. The summed E-state index contributed by atoms with van der Waals surface area (Å²) >= 11 is 0. The van der Waals surface area contributed by atoms with Gasteiger partial charge in [0.25, 0.3) is 5.91 Å². The minimum Gasteiger partial charge on any atom is -0.393 e. The standard InChI is InChI=1S/C18H23FN4O2/c1-11(2)17-21-16(18(25)20-12-7-9-13(24)10-8-12)22-23(17)15-6-4-3-5-14(15)19/h3-6,11-13,24H,7-10H2,1-2H3,(H,20,25). The van der Waals surface area contributed by atoms with Crippen molar-refractivity contribution in [1.29, 1.82) is 0 Å². The van der Waals surface area contributed by atoms with Gasteiger partial charge in [-0.05, 0) is 37.8 Å². The second-order valence-corrected chi connectivity index (χ2v) is 6.79. The zero-order valence-electron chi connectivity index (χ0n) is 14.4. The Morgan fingerprint density at radius 3 is 2.60 bits per heavy atom. The number of rotatable bonds is 4. The Morgan fingerprint density at radius 1 is 1.28 bits per heavy atom. The van der Waals surface area contributed by atoms with Gasteiger partial charge in [0.2, 0.25) is 5.82 Å². The van der Waals surface area contributed by atoms with E-state index < -0.39 is 5.82 Å². The Bertz CT molecular complexity index is 751. The van der Waals surface area contributed by atoms with Crippen LogP contribution < -0.4 is 5.32 Å². The summed E-state index contributed by atoms with van der Waals surface area (Å²) in [4.78, 5) is 16.8. The van der Waals surface area contributed by atoms with Crippen LogP contribution >= 0.6 is 0 Å². The highest BCUT2D eigenvalue weighted by molar-refractivity contribution is 5.90. The Labute approximate surface area is 146 Å². The molecular weight excluding hydrogens is 323 g/mol. The third kappa shape index (κ3) is 3.87. The summed E-state index contributed by atoms with van der Waals surface area (Å²) in [5, 5.41) is 16.7. The van der Waals surface area contributed by atoms with Crippen LogP contribution in [0.5, 0.6) is 0 Å². The molecule has 0 atom stereocenters. The monoisotopic (exact) mass is 346 g/mol. The van der Waals surface area contributed by atoms with Crippen LogP contribution in [0.2, 0.25) is 0 Å². The normalized spacial score (nSPS) is 20.7. The van der Waals surface area contributed by atoms with E-state index >= 15 is 0 Å². The summed E-state index contributed by atoms with van der Waals surface area (Å²) in [5.41, 5.74) is 0.276. The number of carbonyl (C=O) groups is 1. The van der Waals surface area contributed by atoms with E-state index in [1.807, 2.05) is 13.8 Å². The SMILES string of the molecule is CC(C)c1nc(C(=O)NC2CCC(O)CC2)nn1-c1ccccc1F. The van der Waals surface area contributed by atoms with Gasteiger partial charge in [0.1, 0.15) is 17.3 Å². The fourth-order valence-corrected chi connectivity index (χ4v) is 3.06. The van der Waals surface area contributed by atoms with Crippen LogP contribution in [0.3, 0.4) is 0 Å². The summed E-state index contributed by atoms with van der Waals surface area (Å²) in [6.45, 7) is 3.84. The van der Waals surface area contributed by atoms with Crippen LogP contribution in [0.4, 0.5) is 4.39 Å². The van der Waals surface area contributed by atoms with Gasteiger partial charge < -0.3 is 10.4 Å². The number of aliphatic hydroxyl groups is 1. The van der Waals surface area contributed by atoms with Crippen molar-refractivity contribution >= 4 is 5.91 Å². The van der Waals surface area contributed by atoms with E-state index in [2.05, 4.69) is 15.4 Å². The maximum absolute atomic E-state index is 14.1. The molecule has 0 aliphatic heterocycles. The summed E-state index contributed by atoms with van der Waals surface area (Å²) in [6.07, 6.45) is 2.55. The van der Waals surface area contributed by atoms with Crippen molar-refractivity contribution in [3.63, 3.8) is 0 Å². The Kier molecular flexibility index (Phi) is 5.13. The molecule has 1 aromatic carbocycles. The topological polar surface area (TPSA) is 80.0 Å². The lowest BCUT2D eigenvalue weighted by Gasteiger charge is -2.25. The molecule has 1 aliphatic carbocycles. The molecular formula is C18H23FN4O2.